The van der Waals surface area contributed by atoms with Gasteiger partial charge in [0, 0.05) is 42.3 Å². The van der Waals surface area contributed by atoms with Crippen LogP contribution in [0.2, 0.25) is 0 Å². The molecule has 0 bridgehead atoms. The van der Waals surface area contributed by atoms with E-state index < -0.39 is 16.1 Å². The number of rotatable bonds is 8. The van der Waals surface area contributed by atoms with Gasteiger partial charge in [-0.05, 0) is 60.5 Å². The first-order valence-corrected chi connectivity index (χ1v) is 15.6. The minimum Gasteiger partial charge on any atom is -0.483 e. The summed E-state index contributed by atoms with van der Waals surface area (Å²) >= 11 is 0. The molecule has 0 radical (unpaired) electrons. The standard InChI is InChI=1S/C31H32N6O4S.CH2O2/c1-21(22-6-4-3-5-7-22)35-42(38,39)29-19-24(20-33-30(29)40-2)23-8-13-27-28(18-23)37(31(32)34-27)26-11-9-25(10-12-26)36-14-16-41-17-15-36;2-1-3/h3-13,18-21,35H,14-17H2,1-2H3,(H2,32,34);1H,(H,2,3). The molecule has 1 atom stereocenters. The van der Waals surface area contributed by atoms with Gasteiger partial charge < -0.3 is 25.2 Å². The fraction of sp³-hybridized carbons (Fsp3) is 0.219. The van der Waals surface area contributed by atoms with Crippen molar-refractivity contribution in [1.29, 1.82) is 0 Å². The SMILES string of the molecule is COc1ncc(-c2ccc3nc(N)n(-c4ccc(N5CCOCC5)cc4)c3c2)cc1S(=O)(=O)NC(C)c1ccccc1.O=CO. The Kier molecular flexibility index (Phi) is 9.62. The molecular formula is C32H34N6O6S. The number of carboxylic acid groups (broad SMARTS) is 1. The first-order chi connectivity index (χ1) is 21.7. The highest BCUT2D eigenvalue weighted by Crippen LogP contribution is 2.32. The van der Waals surface area contributed by atoms with Gasteiger partial charge in [-0.2, -0.15) is 0 Å². The van der Waals surface area contributed by atoms with Crippen LogP contribution in [0.4, 0.5) is 11.6 Å². The molecule has 1 aliphatic heterocycles. The van der Waals surface area contributed by atoms with Crippen molar-refractivity contribution in [3.63, 3.8) is 0 Å². The molecule has 4 N–H and O–H groups in total. The summed E-state index contributed by atoms with van der Waals surface area (Å²) in [5.74, 6) is 0.374. The monoisotopic (exact) mass is 630 g/mol. The van der Waals surface area contributed by atoms with Crippen molar-refractivity contribution in [2.75, 3.05) is 44.0 Å². The molecule has 13 heteroatoms. The van der Waals surface area contributed by atoms with E-state index in [0.717, 1.165) is 59.8 Å². The molecule has 2 aromatic heterocycles. The number of anilines is 2. The predicted octanol–water partition coefficient (Wildman–Crippen LogP) is 4.26. The van der Waals surface area contributed by atoms with E-state index >= 15 is 0 Å². The lowest BCUT2D eigenvalue weighted by Crippen LogP contribution is -2.36. The molecule has 45 heavy (non-hydrogen) atoms. The number of hydrogen-bond acceptors (Lipinski definition) is 9. The average Bonchev–Trinajstić information content (AvgIpc) is 3.40. The zero-order chi connectivity index (χ0) is 32.0. The van der Waals surface area contributed by atoms with Crippen LogP contribution >= 0.6 is 0 Å². The van der Waals surface area contributed by atoms with Crippen LogP contribution in [0.15, 0.2) is 90.0 Å². The third-order valence-electron chi connectivity index (χ3n) is 7.43. The maximum absolute atomic E-state index is 13.5. The highest BCUT2D eigenvalue weighted by atomic mass is 32.2. The number of benzene rings is 3. The fourth-order valence-electron chi connectivity index (χ4n) is 5.22. The number of pyridine rings is 1. The number of sulfonamides is 1. The summed E-state index contributed by atoms with van der Waals surface area (Å²) in [5.41, 5.74) is 12.1. The number of carbonyl (C=O) groups is 1. The van der Waals surface area contributed by atoms with Crippen LogP contribution in [-0.4, -0.2) is 67.9 Å². The molecule has 0 amide bonds. The number of imidazole rings is 1. The van der Waals surface area contributed by atoms with Crippen LogP contribution in [0.5, 0.6) is 5.88 Å². The van der Waals surface area contributed by atoms with Crippen molar-refractivity contribution in [3.05, 3.63) is 90.6 Å². The molecule has 0 saturated carbocycles. The van der Waals surface area contributed by atoms with E-state index in [1.54, 1.807) is 19.2 Å². The fourth-order valence-corrected chi connectivity index (χ4v) is 6.60. The van der Waals surface area contributed by atoms with Gasteiger partial charge in [-0.15, -0.1) is 0 Å². The Morgan fingerprint density at radius 1 is 1.00 bits per heavy atom. The van der Waals surface area contributed by atoms with Gasteiger partial charge in [0.1, 0.15) is 4.90 Å². The number of ether oxygens (including phenoxy) is 2. The predicted molar refractivity (Wildman–Crippen MR) is 172 cm³/mol. The summed E-state index contributed by atoms with van der Waals surface area (Å²) in [4.78, 5) is 19.5. The lowest BCUT2D eigenvalue weighted by Gasteiger charge is -2.29. The van der Waals surface area contributed by atoms with Crippen LogP contribution in [0.25, 0.3) is 27.8 Å². The van der Waals surface area contributed by atoms with Gasteiger partial charge in [-0.25, -0.2) is 23.1 Å². The second-order valence-corrected chi connectivity index (χ2v) is 11.9. The lowest BCUT2D eigenvalue weighted by atomic mass is 10.1. The van der Waals surface area contributed by atoms with Gasteiger partial charge in [0.25, 0.3) is 6.47 Å². The Morgan fingerprint density at radius 2 is 1.67 bits per heavy atom. The van der Waals surface area contributed by atoms with Crippen LogP contribution in [0, 0.1) is 0 Å². The third kappa shape index (κ3) is 6.90. The first kappa shape index (κ1) is 31.4. The molecule has 6 rings (SSSR count). The molecule has 1 aliphatic rings. The second-order valence-electron chi connectivity index (χ2n) is 10.2. The maximum atomic E-state index is 13.5. The summed E-state index contributed by atoms with van der Waals surface area (Å²) < 4.78 is 42.5. The summed E-state index contributed by atoms with van der Waals surface area (Å²) in [7, 11) is -2.57. The van der Waals surface area contributed by atoms with Crippen LogP contribution in [0.3, 0.4) is 0 Å². The number of fused-ring (bicyclic) bond motifs is 1. The zero-order valence-corrected chi connectivity index (χ0v) is 25.6. The first-order valence-electron chi connectivity index (χ1n) is 14.2. The molecule has 5 aromatic rings. The molecule has 1 fully saturated rings. The van der Waals surface area contributed by atoms with E-state index in [1.807, 2.05) is 65.2 Å². The van der Waals surface area contributed by atoms with E-state index in [2.05, 4.69) is 31.7 Å². The summed E-state index contributed by atoms with van der Waals surface area (Å²) in [6.45, 7) is 4.69. The number of hydrogen-bond donors (Lipinski definition) is 3. The number of methoxy groups -OCH3 is 1. The minimum atomic E-state index is -3.97. The van der Waals surface area contributed by atoms with Gasteiger partial charge in [0.15, 0.2) is 0 Å². The van der Waals surface area contributed by atoms with E-state index in [4.69, 9.17) is 25.1 Å². The molecule has 1 unspecified atom stereocenters. The van der Waals surface area contributed by atoms with Crippen molar-refractivity contribution in [2.45, 2.75) is 17.9 Å². The highest BCUT2D eigenvalue weighted by Gasteiger charge is 2.25. The summed E-state index contributed by atoms with van der Waals surface area (Å²) in [6.07, 6.45) is 1.60. The van der Waals surface area contributed by atoms with Crippen molar-refractivity contribution in [2.24, 2.45) is 0 Å². The van der Waals surface area contributed by atoms with Crippen LogP contribution in [0.1, 0.15) is 18.5 Å². The van der Waals surface area contributed by atoms with E-state index in [-0.39, 0.29) is 17.2 Å². The number of aromatic nitrogens is 3. The number of nitrogens with one attached hydrogen (secondary N) is 1. The lowest BCUT2D eigenvalue weighted by molar-refractivity contribution is -0.122. The Balaban J connectivity index is 0.00000128. The normalized spacial score (nSPS) is 14.0. The molecule has 0 aliphatic carbocycles. The van der Waals surface area contributed by atoms with E-state index in [9.17, 15) is 8.42 Å². The molecule has 0 spiro atoms. The van der Waals surface area contributed by atoms with Crippen molar-refractivity contribution in [1.82, 2.24) is 19.3 Å². The number of nitrogen functional groups attached to an aromatic ring is 1. The van der Waals surface area contributed by atoms with Crippen molar-refractivity contribution >= 4 is 39.2 Å². The van der Waals surface area contributed by atoms with Gasteiger partial charge in [-0.3, -0.25) is 9.36 Å². The number of nitrogens with zero attached hydrogens (tertiary/aromatic N) is 4. The Hall–Kier alpha value is -4.98. The molecule has 3 aromatic carbocycles. The smallest absolute Gasteiger partial charge is 0.290 e. The maximum Gasteiger partial charge on any atom is 0.290 e. The van der Waals surface area contributed by atoms with Crippen molar-refractivity contribution < 1.29 is 27.8 Å². The molecular weight excluding hydrogens is 596 g/mol. The van der Waals surface area contributed by atoms with Crippen LogP contribution in [-0.2, 0) is 19.6 Å². The summed E-state index contributed by atoms with van der Waals surface area (Å²) in [5, 5.41) is 6.89. The van der Waals surface area contributed by atoms with E-state index in [1.165, 1.54) is 7.11 Å². The molecule has 12 nitrogen and oxygen atoms in total. The van der Waals surface area contributed by atoms with Gasteiger partial charge in [-0.1, -0.05) is 36.4 Å². The second kappa shape index (κ2) is 13.8. The molecule has 234 valence electrons. The Morgan fingerprint density at radius 3 is 2.33 bits per heavy atom. The Labute approximate surface area is 261 Å². The van der Waals surface area contributed by atoms with Crippen molar-refractivity contribution in [3.8, 4) is 22.7 Å². The Bertz CT molecular complexity index is 1870. The molecule has 1 saturated heterocycles. The molecule has 3 heterocycles. The van der Waals surface area contributed by atoms with Crippen LogP contribution < -0.4 is 20.1 Å². The zero-order valence-electron chi connectivity index (χ0n) is 24.8. The van der Waals surface area contributed by atoms with Gasteiger partial charge >= 0.3 is 0 Å². The summed E-state index contributed by atoms with van der Waals surface area (Å²) in [6, 6.07) is 24.4. The average molecular weight is 631 g/mol. The number of morpholine rings is 1. The van der Waals surface area contributed by atoms with Gasteiger partial charge in [0.05, 0.1) is 31.4 Å². The van der Waals surface area contributed by atoms with E-state index in [0.29, 0.717) is 11.5 Å². The third-order valence-corrected chi connectivity index (χ3v) is 8.97. The number of nitrogens with two attached hydrogens (primary N) is 1. The quantitative estimate of drug-likeness (QED) is 0.211. The minimum absolute atomic E-state index is 0.0160. The highest BCUT2D eigenvalue weighted by molar-refractivity contribution is 7.89. The van der Waals surface area contributed by atoms with Gasteiger partial charge in [0.2, 0.25) is 21.9 Å². The topological polar surface area (TPSA) is 162 Å². The largest absolute Gasteiger partial charge is 0.483 e.